The first kappa shape index (κ1) is 15.2. The number of hydrogen-bond acceptors (Lipinski definition) is 2. The highest BCUT2D eigenvalue weighted by Crippen LogP contribution is 2.27. The summed E-state index contributed by atoms with van der Waals surface area (Å²) < 4.78 is 35.2. The normalized spacial score (nSPS) is 16.1. The van der Waals surface area contributed by atoms with Crippen LogP contribution in [-0.4, -0.2) is 23.0 Å². The van der Waals surface area contributed by atoms with Crippen LogP contribution in [0.4, 0.5) is 8.78 Å². The Labute approximate surface area is 128 Å². The van der Waals surface area contributed by atoms with E-state index in [2.05, 4.69) is 5.10 Å². The van der Waals surface area contributed by atoms with E-state index in [1.165, 1.54) is 0 Å². The van der Waals surface area contributed by atoms with Crippen LogP contribution >= 0.6 is 0 Å². The van der Waals surface area contributed by atoms with Crippen molar-refractivity contribution >= 4 is 0 Å². The van der Waals surface area contributed by atoms with E-state index in [1.807, 2.05) is 11.6 Å². The molecule has 1 fully saturated rings. The van der Waals surface area contributed by atoms with Crippen LogP contribution in [0, 0.1) is 17.6 Å². The molecule has 1 aromatic heterocycles. The molecule has 0 amide bonds. The van der Waals surface area contributed by atoms with E-state index < -0.39 is 11.6 Å². The van der Waals surface area contributed by atoms with E-state index in [0.29, 0.717) is 23.5 Å². The van der Waals surface area contributed by atoms with Crippen LogP contribution in [0.2, 0.25) is 0 Å². The van der Waals surface area contributed by atoms with Crippen LogP contribution in [0.25, 0.3) is 11.1 Å². The third-order valence-electron chi connectivity index (χ3n) is 4.27. The number of halogens is 2. The molecule has 1 aliphatic rings. The molecule has 22 heavy (non-hydrogen) atoms. The average molecular weight is 306 g/mol. The molecule has 0 saturated carbocycles. The Balaban J connectivity index is 1.80. The molecule has 2 aromatic rings. The SMILES string of the molecule is CCc1ccc(-c2cnn(CC3CCOCC3)c2)c(F)c1F. The third-order valence-corrected chi connectivity index (χ3v) is 4.27. The highest BCUT2D eigenvalue weighted by molar-refractivity contribution is 5.63. The van der Waals surface area contributed by atoms with Crippen molar-refractivity contribution in [1.82, 2.24) is 9.78 Å². The zero-order valence-electron chi connectivity index (χ0n) is 12.7. The summed E-state index contributed by atoms with van der Waals surface area (Å²) in [6, 6.07) is 3.27. The Morgan fingerprint density at radius 1 is 1.23 bits per heavy atom. The predicted octanol–water partition coefficient (Wildman–Crippen LogP) is 3.82. The molecule has 2 heterocycles. The van der Waals surface area contributed by atoms with E-state index in [9.17, 15) is 8.78 Å². The van der Waals surface area contributed by atoms with Gasteiger partial charge in [-0.15, -0.1) is 0 Å². The topological polar surface area (TPSA) is 27.1 Å². The van der Waals surface area contributed by atoms with Gasteiger partial charge in [0.25, 0.3) is 0 Å². The van der Waals surface area contributed by atoms with Gasteiger partial charge in [-0.25, -0.2) is 8.78 Å². The summed E-state index contributed by atoms with van der Waals surface area (Å²) in [6.45, 7) is 4.18. The standard InChI is InChI=1S/C17H20F2N2O/c1-2-13-3-4-15(17(19)16(13)18)14-9-20-21(11-14)10-12-5-7-22-8-6-12/h3-4,9,11-12H,2,5-8,10H2,1H3. The van der Waals surface area contributed by atoms with E-state index in [0.717, 1.165) is 32.6 Å². The predicted molar refractivity (Wildman–Crippen MR) is 80.5 cm³/mol. The van der Waals surface area contributed by atoms with Crippen LogP contribution in [0.15, 0.2) is 24.5 Å². The number of aromatic nitrogens is 2. The van der Waals surface area contributed by atoms with Crippen LogP contribution in [0.1, 0.15) is 25.3 Å². The molecule has 118 valence electrons. The van der Waals surface area contributed by atoms with Crippen molar-refractivity contribution in [2.75, 3.05) is 13.2 Å². The molecule has 5 heteroatoms. The molecule has 0 radical (unpaired) electrons. The smallest absolute Gasteiger partial charge is 0.167 e. The lowest BCUT2D eigenvalue weighted by molar-refractivity contribution is 0.0601. The molecule has 0 atom stereocenters. The van der Waals surface area contributed by atoms with Crippen molar-refractivity contribution < 1.29 is 13.5 Å². The van der Waals surface area contributed by atoms with E-state index in [-0.39, 0.29) is 5.56 Å². The van der Waals surface area contributed by atoms with Crippen molar-refractivity contribution in [2.45, 2.75) is 32.7 Å². The molecule has 1 aliphatic heterocycles. The highest BCUT2D eigenvalue weighted by atomic mass is 19.2. The van der Waals surface area contributed by atoms with Crippen LogP contribution in [-0.2, 0) is 17.7 Å². The van der Waals surface area contributed by atoms with Gasteiger partial charge in [-0.3, -0.25) is 4.68 Å². The Bertz CT molecular complexity index is 648. The minimum atomic E-state index is -0.787. The van der Waals surface area contributed by atoms with E-state index >= 15 is 0 Å². The van der Waals surface area contributed by atoms with Crippen molar-refractivity contribution in [2.24, 2.45) is 5.92 Å². The van der Waals surface area contributed by atoms with E-state index in [1.54, 1.807) is 24.5 Å². The Hall–Kier alpha value is -1.75. The summed E-state index contributed by atoms with van der Waals surface area (Å²) in [5.41, 5.74) is 1.29. The van der Waals surface area contributed by atoms with Gasteiger partial charge >= 0.3 is 0 Å². The van der Waals surface area contributed by atoms with Gasteiger partial charge in [0.1, 0.15) is 0 Å². The molecule has 0 bridgehead atoms. The molecule has 0 N–H and O–H groups in total. The lowest BCUT2D eigenvalue weighted by Crippen LogP contribution is -2.20. The molecule has 1 saturated heterocycles. The second-order valence-corrected chi connectivity index (χ2v) is 5.76. The lowest BCUT2D eigenvalue weighted by Gasteiger charge is -2.21. The quantitative estimate of drug-likeness (QED) is 0.858. The van der Waals surface area contributed by atoms with Gasteiger partial charge in [0.15, 0.2) is 11.6 Å². The van der Waals surface area contributed by atoms with Crippen LogP contribution < -0.4 is 0 Å². The number of hydrogen-bond donors (Lipinski definition) is 0. The molecule has 0 aliphatic carbocycles. The van der Waals surface area contributed by atoms with Crippen molar-refractivity contribution in [1.29, 1.82) is 0 Å². The van der Waals surface area contributed by atoms with Gasteiger partial charge in [0, 0.05) is 37.1 Å². The van der Waals surface area contributed by atoms with Crippen LogP contribution in [0.3, 0.4) is 0 Å². The van der Waals surface area contributed by atoms with Gasteiger partial charge in [-0.2, -0.15) is 5.10 Å². The largest absolute Gasteiger partial charge is 0.381 e. The maximum atomic E-state index is 14.2. The molecule has 0 unspecified atom stereocenters. The monoisotopic (exact) mass is 306 g/mol. The van der Waals surface area contributed by atoms with Gasteiger partial charge in [-0.05, 0) is 30.7 Å². The molecular formula is C17H20F2N2O. The summed E-state index contributed by atoms with van der Waals surface area (Å²) in [5, 5.41) is 4.29. The minimum absolute atomic E-state index is 0.271. The fraction of sp³-hybridized carbons (Fsp3) is 0.471. The number of aryl methyl sites for hydroxylation is 1. The van der Waals surface area contributed by atoms with E-state index in [4.69, 9.17) is 4.74 Å². The van der Waals surface area contributed by atoms with Gasteiger partial charge in [-0.1, -0.05) is 19.1 Å². The highest BCUT2D eigenvalue weighted by Gasteiger charge is 2.17. The second kappa shape index (κ2) is 6.57. The fourth-order valence-electron chi connectivity index (χ4n) is 2.88. The van der Waals surface area contributed by atoms with Crippen molar-refractivity contribution in [3.05, 3.63) is 41.7 Å². The maximum absolute atomic E-state index is 14.2. The molecular weight excluding hydrogens is 286 g/mol. The molecule has 3 rings (SSSR count). The molecule has 0 spiro atoms. The third kappa shape index (κ3) is 3.04. The summed E-state index contributed by atoms with van der Waals surface area (Å²) in [5.74, 6) is -1.01. The first-order valence-corrected chi connectivity index (χ1v) is 7.76. The zero-order valence-corrected chi connectivity index (χ0v) is 12.7. The lowest BCUT2D eigenvalue weighted by atomic mass is 10.0. The van der Waals surface area contributed by atoms with Gasteiger partial charge < -0.3 is 4.74 Å². The average Bonchev–Trinajstić information content (AvgIpc) is 2.99. The number of ether oxygens (including phenoxy) is 1. The first-order chi connectivity index (χ1) is 10.7. The molecule has 3 nitrogen and oxygen atoms in total. The van der Waals surface area contributed by atoms with Crippen LogP contribution in [0.5, 0.6) is 0 Å². The summed E-state index contributed by atoms with van der Waals surface area (Å²) in [4.78, 5) is 0. The Kier molecular flexibility index (Phi) is 4.52. The number of rotatable bonds is 4. The maximum Gasteiger partial charge on any atom is 0.167 e. The summed E-state index contributed by atoms with van der Waals surface area (Å²) in [7, 11) is 0. The number of benzene rings is 1. The second-order valence-electron chi connectivity index (χ2n) is 5.76. The van der Waals surface area contributed by atoms with Gasteiger partial charge in [0.2, 0.25) is 0 Å². The minimum Gasteiger partial charge on any atom is -0.381 e. The Morgan fingerprint density at radius 2 is 2.00 bits per heavy atom. The summed E-state index contributed by atoms with van der Waals surface area (Å²) >= 11 is 0. The number of nitrogens with zero attached hydrogens (tertiary/aromatic N) is 2. The summed E-state index contributed by atoms with van der Waals surface area (Å²) in [6.07, 6.45) is 5.90. The van der Waals surface area contributed by atoms with Crippen molar-refractivity contribution in [3.63, 3.8) is 0 Å². The zero-order chi connectivity index (χ0) is 15.5. The first-order valence-electron chi connectivity index (χ1n) is 7.76. The van der Waals surface area contributed by atoms with Crippen molar-refractivity contribution in [3.8, 4) is 11.1 Å². The van der Waals surface area contributed by atoms with Gasteiger partial charge in [0.05, 0.1) is 6.20 Å². The fourth-order valence-corrected chi connectivity index (χ4v) is 2.88. The Morgan fingerprint density at radius 3 is 2.73 bits per heavy atom. The molecule has 1 aromatic carbocycles.